The van der Waals surface area contributed by atoms with Crippen LogP contribution in [-0.4, -0.2) is 30.6 Å². The highest BCUT2D eigenvalue weighted by Crippen LogP contribution is 2.25. The summed E-state index contributed by atoms with van der Waals surface area (Å²) >= 11 is 0. The standard InChI is InChI=1S/C20H24FN3O2/c21-16-7-10-18(11-8-16)26-14-13-24-12-2-3-15-6-9-17(23-20(15)24)4-1-5-19(22)25/h6-11H,1-5,12-14H2,(H2,22,25). The molecule has 6 heteroatoms. The minimum atomic E-state index is -0.275. The Kier molecular flexibility index (Phi) is 6.04. The van der Waals surface area contributed by atoms with Crippen LogP contribution in [0, 0.1) is 5.82 Å². The fourth-order valence-corrected chi connectivity index (χ4v) is 3.16. The molecule has 0 saturated carbocycles. The maximum atomic E-state index is 12.9. The number of benzene rings is 1. The number of halogens is 1. The van der Waals surface area contributed by atoms with Crippen molar-refractivity contribution in [2.45, 2.75) is 32.1 Å². The third kappa shape index (κ3) is 4.94. The van der Waals surface area contributed by atoms with Gasteiger partial charge in [-0.05, 0) is 61.6 Å². The van der Waals surface area contributed by atoms with Crippen LogP contribution in [0.15, 0.2) is 36.4 Å². The van der Waals surface area contributed by atoms with Crippen LogP contribution >= 0.6 is 0 Å². The van der Waals surface area contributed by atoms with Crippen LogP contribution in [0.4, 0.5) is 10.2 Å². The van der Waals surface area contributed by atoms with Crippen molar-refractivity contribution in [3.05, 3.63) is 53.5 Å². The maximum absolute atomic E-state index is 12.9. The fourth-order valence-electron chi connectivity index (χ4n) is 3.16. The smallest absolute Gasteiger partial charge is 0.217 e. The second-order valence-corrected chi connectivity index (χ2v) is 6.50. The molecule has 5 nitrogen and oxygen atoms in total. The van der Waals surface area contributed by atoms with Gasteiger partial charge in [-0.2, -0.15) is 0 Å². The number of amides is 1. The second kappa shape index (κ2) is 8.65. The van der Waals surface area contributed by atoms with Crippen LogP contribution < -0.4 is 15.4 Å². The minimum absolute atomic E-state index is 0.268. The Morgan fingerprint density at radius 2 is 2.04 bits per heavy atom. The molecule has 2 heterocycles. The first-order valence-corrected chi connectivity index (χ1v) is 9.02. The molecule has 138 valence electrons. The lowest BCUT2D eigenvalue weighted by Crippen LogP contribution is -2.34. The maximum Gasteiger partial charge on any atom is 0.217 e. The molecule has 3 rings (SSSR count). The molecule has 0 bridgehead atoms. The molecule has 0 spiro atoms. The van der Waals surface area contributed by atoms with Crippen LogP contribution in [0.3, 0.4) is 0 Å². The number of aryl methyl sites for hydroxylation is 2. The Balaban J connectivity index is 1.59. The van der Waals surface area contributed by atoms with E-state index in [1.807, 2.05) is 6.07 Å². The van der Waals surface area contributed by atoms with E-state index < -0.39 is 0 Å². The molecule has 2 aromatic rings. The van der Waals surface area contributed by atoms with Crippen molar-refractivity contribution in [2.75, 3.05) is 24.6 Å². The van der Waals surface area contributed by atoms with E-state index in [0.717, 1.165) is 50.3 Å². The van der Waals surface area contributed by atoms with Crippen LogP contribution in [0.2, 0.25) is 0 Å². The van der Waals surface area contributed by atoms with Gasteiger partial charge in [-0.1, -0.05) is 6.07 Å². The van der Waals surface area contributed by atoms with E-state index in [2.05, 4.69) is 11.0 Å². The molecule has 2 N–H and O–H groups in total. The van der Waals surface area contributed by atoms with E-state index in [-0.39, 0.29) is 11.7 Å². The number of carbonyl (C=O) groups is 1. The second-order valence-electron chi connectivity index (χ2n) is 6.50. The Bertz CT molecular complexity index is 749. The number of aromatic nitrogens is 1. The largest absolute Gasteiger partial charge is 0.492 e. The van der Waals surface area contributed by atoms with Crippen molar-refractivity contribution in [1.82, 2.24) is 4.98 Å². The summed E-state index contributed by atoms with van der Waals surface area (Å²) in [4.78, 5) is 17.9. The highest BCUT2D eigenvalue weighted by atomic mass is 19.1. The zero-order chi connectivity index (χ0) is 18.4. The summed E-state index contributed by atoms with van der Waals surface area (Å²) in [5.41, 5.74) is 7.43. The number of fused-ring (bicyclic) bond motifs is 1. The summed E-state index contributed by atoms with van der Waals surface area (Å²) in [7, 11) is 0. The van der Waals surface area contributed by atoms with Crippen LogP contribution in [0.1, 0.15) is 30.5 Å². The molecule has 1 aromatic carbocycles. The van der Waals surface area contributed by atoms with E-state index in [1.165, 1.54) is 17.7 Å². The summed E-state index contributed by atoms with van der Waals surface area (Å²) in [6.07, 6.45) is 3.96. The molecule has 1 amide bonds. The number of hydrogen-bond acceptors (Lipinski definition) is 4. The number of carbonyl (C=O) groups excluding carboxylic acids is 1. The molecule has 0 saturated heterocycles. The summed E-state index contributed by atoms with van der Waals surface area (Å²) in [6.45, 7) is 2.18. The first-order valence-electron chi connectivity index (χ1n) is 9.02. The number of nitrogens with two attached hydrogens (primary N) is 1. The lowest BCUT2D eigenvalue weighted by atomic mass is 10.0. The molecule has 1 aromatic heterocycles. The average molecular weight is 357 g/mol. The monoisotopic (exact) mass is 357 g/mol. The average Bonchev–Trinajstić information content (AvgIpc) is 2.63. The third-order valence-electron chi connectivity index (χ3n) is 4.49. The molecule has 0 unspecified atom stereocenters. The molecule has 0 fully saturated rings. The van der Waals surface area contributed by atoms with Crippen molar-refractivity contribution in [3.63, 3.8) is 0 Å². The molecule has 0 aliphatic carbocycles. The van der Waals surface area contributed by atoms with Crippen LogP contribution in [-0.2, 0) is 17.6 Å². The predicted octanol–water partition coefficient (Wildman–Crippen LogP) is 2.86. The first-order chi connectivity index (χ1) is 12.6. The molecular formula is C20H24FN3O2. The molecular weight excluding hydrogens is 333 g/mol. The summed E-state index contributed by atoms with van der Waals surface area (Å²) < 4.78 is 18.7. The van der Waals surface area contributed by atoms with Crippen LogP contribution in [0.5, 0.6) is 5.75 Å². The van der Waals surface area contributed by atoms with Gasteiger partial charge in [0.2, 0.25) is 5.91 Å². The van der Waals surface area contributed by atoms with Crippen LogP contribution in [0.25, 0.3) is 0 Å². The number of primary amides is 1. The Hall–Kier alpha value is -2.63. The molecule has 1 aliphatic heterocycles. The van der Waals surface area contributed by atoms with E-state index in [4.69, 9.17) is 15.5 Å². The third-order valence-corrected chi connectivity index (χ3v) is 4.49. The Labute approximate surface area is 153 Å². The number of pyridine rings is 1. The van der Waals surface area contributed by atoms with Gasteiger partial charge in [0.15, 0.2) is 0 Å². The van der Waals surface area contributed by atoms with Crippen molar-refractivity contribution < 1.29 is 13.9 Å². The SMILES string of the molecule is NC(=O)CCCc1ccc2c(n1)N(CCOc1ccc(F)cc1)CCC2. The quantitative estimate of drug-likeness (QED) is 0.789. The summed E-state index contributed by atoms with van der Waals surface area (Å²) in [6, 6.07) is 10.2. The molecule has 0 atom stereocenters. The zero-order valence-electron chi connectivity index (χ0n) is 14.8. The van der Waals surface area contributed by atoms with E-state index in [0.29, 0.717) is 18.8 Å². The van der Waals surface area contributed by atoms with Gasteiger partial charge in [-0.25, -0.2) is 9.37 Å². The van der Waals surface area contributed by atoms with Gasteiger partial charge in [0.1, 0.15) is 24.0 Å². The Morgan fingerprint density at radius 1 is 1.23 bits per heavy atom. The van der Waals surface area contributed by atoms with Crippen molar-refractivity contribution >= 4 is 11.7 Å². The van der Waals surface area contributed by atoms with Crippen molar-refractivity contribution in [2.24, 2.45) is 5.73 Å². The van der Waals surface area contributed by atoms with Crippen molar-refractivity contribution in [3.8, 4) is 5.75 Å². The first kappa shape index (κ1) is 18.2. The van der Waals surface area contributed by atoms with Gasteiger partial charge in [0.05, 0.1) is 6.54 Å². The number of anilines is 1. The molecule has 0 radical (unpaired) electrons. The predicted molar refractivity (Wildman–Crippen MR) is 98.8 cm³/mol. The molecule has 26 heavy (non-hydrogen) atoms. The Morgan fingerprint density at radius 3 is 2.81 bits per heavy atom. The summed E-state index contributed by atoms with van der Waals surface area (Å²) in [5.74, 6) is 1.13. The van der Waals surface area contributed by atoms with Gasteiger partial charge in [0, 0.05) is 18.7 Å². The van der Waals surface area contributed by atoms with Crippen molar-refractivity contribution in [1.29, 1.82) is 0 Å². The highest BCUT2D eigenvalue weighted by molar-refractivity contribution is 5.73. The van der Waals surface area contributed by atoms with E-state index >= 15 is 0 Å². The molecule has 1 aliphatic rings. The van der Waals surface area contributed by atoms with E-state index in [1.54, 1.807) is 12.1 Å². The van der Waals surface area contributed by atoms with Gasteiger partial charge < -0.3 is 15.4 Å². The van der Waals surface area contributed by atoms with E-state index in [9.17, 15) is 9.18 Å². The number of hydrogen-bond donors (Lipinski definition) is 1. The number of rotatable bonds is 8. The van der Waals surface area contributed by atoms with Gasteiger partial charge in [-0.15, -0.1) is 0 Å². The summed E-state index contributed by atoms with van der Waals surface area (Å²) in [5, 5.41) is 0. The highest BCUT2D eigenvalue weighted by Gasteiger charge is 2.18. The lowest BCUT2D eigenvalue weighted by Gasteiger charge is -2.30. The lowest BCUT2D eigenvalue weighted by molar-refractivity contribution is -0.118. The van der Waals surface area contributed by atoms with Gasteiger partial charge in [0.25, 0.3) is 0 Å². The van der Waals surface area contributed by atoms with Gasteiger partial charge >= 0.3 is 0 Å². The zero-order valence-corrected chi connectivity index (χ0v) is 14.8. The fraction of sp³-hybridized carbons (Fsp3) is 0.400. The number of nitrogens with zero attached hydrogens (tertiary/aromatic N) is 2. The van der Waals surface area contributed by atoms with Gasteiger partial charge in [-0.3, -0.25) is 4.79 Å². The number of ether oxygens (including phenoxy) is 1. The minimum Gasteiger partial charge on any atom is -0.492 e. The topological polar surface area (TPSA) is 68.5 Å². The normalized spacial score (nSPS) is 13.3.